The fraction of sp³-hybridized carbons (Fsp3) is 0.0870. The molecule has 4 rings (SSSR count). The van der Waals surface area contributed by atoms with E-state index in [0.717, 1.165) is 6.07 Å². The summed E-state index contributed by atoms with van der Waals surface area (Å²) in [4.78, 5) is 31.3. The Balaban J connectivity index is 1.72. The molecule has 6 nitrogen and oxygen atoms in total. The first-order valence-corrected chi connectivity index (χ1v) is 9.95. The van der Waals surface area contributed by atoms with Gasteiger partial charge in [0.2, 0.25) is 6.17 Å². The van der Waals surface area contributed by atoms with Crippen LogP contribution in [0.4, 0.5) is 25.0 Å². The van der Waals surface area contributed by atoms with E-state index in [4.69, 9.17) is 11.6 Å². The number of carbonyl (C=O) groups excluding carboxylic acids is 2. The zero-order chi connectivity index (χ0) is 22.8. The predicted octanol–water partition coefficient (Wildman–Crippen LogP) is 4.58. The van der Waals surface area contributed by atoms with Gasteiger partial charge in [0.1, 0.15) is 11.6 Å². The van der Waals surface area contributed by atoms with E-state index in [1.54, 1.807) is 42.5 Å². The molecule has 0 aromatic heterocycles. The number of anilines is 2. The number of amides is 3. The number of nitrogens with zero attached hydrogens (tertiary/aromatic N) is 2. The quantitative estimate of drug-likeness (QED) is 0.608. The van der Waals surface area contributed by atoms with Gasteiger partial charge in [-0.05, 0) is 36.4 Å². The molecule has 162 valence electrons. The van der Waals surface area contributed by atoms with E-state index in [1.807, 2.05) is 0 Å². The van der Waals surface area contributed by atoms with Gasteiger partial charge in [-0.1, -0.05) is 41.9 Å². The predicted molar refractivity (Wildman–Crippen MR) is 119 cm³/mol. The number of urea groups is 1. The Kier molecular flexibility index (Phi) is 5.87. The summed E-state index contributed by atoms with van der Waals surface area (Å²) >= 11 is 5.85. The summed E-state index contributed by atoms with van der Waals surface area (Å²) < 4.78 is 28.6. The van der Waals surface area contributed by atoms with Crippen molar-refractivity contribution in [1.82, 2.24) is 5.32 Å². The van der Waals surface area contributed by atoms with Gasteiger partial charge in [-0.3, -0.25) is 4.79 Å². The molecule has 0 spiro atoms. The van der Waals surface area contributed by atoms with E-state index < -0.39 is 29.7 Å². The van der Waals surface area contributed by atoms with Gasteiger partial charge >= 0.3 is 6.03 Å². The van der Waals surface area contributed by atoms with E-state index in [0.29, 0.717) is 11.3 Å². The number of halogens is 3. The molecule has 0 saturated carbocycles. The number of para-hydroxylation sites is 1. The number of benzodiazepines with no additional fused rings is 1. The highest BCUT2D eigenvalue weighted by atomic mass is 35.5. The van der Waals surface area contributed by atoms with Gasteiger partial charge in [0.25, 0.3) is 5.91 Å². The van der Waals surface area contributed by atoms with Gasteiger partial charge in [-0.25, -0.2) is 18.6 Å². The molecule has 3 aromatic carbocycles. The Bertz CT molecular complexity index is 1250. The van der Waals surface area contributed by atoms with Crippen LogP contribution in [0.25, 0.3) is 0 Å². The van der Waals surface area contributed by atoms with Crippen LogP contribution in [0, 0.1) is 11.6 Å². The van der Waals surface area contributed by atoms with Crippen molar-refractivity contribution in [3.05, 3.63) is 94.5 Å². The minimum absolute atomic E-state index is 0.161. The molecular weight excluding hydrogens is 438 g/mol. The maximum atomic E-state index is 14.6. The number of likely N-dealkylation sites (N-methyl/N-ethyl adjacent to an activating group) is 1. The van der Waals surface area contributed by atoms with Crippen molar-refractivity contribution in [2.24, 2.45) is 4.99 Å². The Morgan fingerprint density at radius 2 is 1.69 bits per heavy atom. The summed E-state index contributed by atoms with van der Waals surface area (Å²) in [7, 11) is 1.53. The fourth-order valence-corrected chi connectivity index (χ4v) is 3.53. The van der Waals surface area contributed by atoms with Crippen molar-refractivity contribution in [3.63, 3.8) is 0 Å². The molecule has 9 heteroatoms. The summed E-state index contributed by atoms with van der Waals surface area (Å²) in [5.74, 6) is -1.77. The standard InChI is InChI=1S/C23H17ClF2N4O2/c1-30-19-9-5-3-7-15(19)20(14-6-2-4-8-16(14)25)28-21(22(30)31)29-23(32)27-18-12-13(24)10-11-17(18)26/h2-12,21H,1H3,(H2,27,29,32). The normalized spacial score (nSPS) is 15.5. The highest BCUT2D eigenvalue weighted by Crippen LogP contribution is 2.28. The number of carbonyl (C=O) groups is 2. The molecule has 0 fully saturated rings. The average molecular weight is 455 g/mol. The maximum absolute atomic E-state index is 14.6. The molecular formula is C23H17ClF2N4O2. The van der Waals surface area contributed by atoms with Crippen LogP contribution in [0.3, 0.4) is 0 Å². The second-order valence-electron chi connectivity index (χ2n) is 7.00. The third-order valence-corrected chi connectivity index (χ3v) is 5.15. The molecule has 3 aromatic rings. The number of aliphatic imine (C=N–C) groups is 1. The minimum Gasteiger partial charge on any atom is -0.311 e. The first-order valence-electron chi connectivity index (χ1n) is 9.57. The smallest absolute Gasteiger partial charge is 0.311 e. The Morgan fingerprint density at radius 1 is 1.00 bits per heavy atom. The second kappa shape index (κ2) is 8.76. The molecule has 1 aliphatic rings. The Morgan fingerprint density at radius 3 is 2.44 bits per heavy atom. The third-order valence-electron chi connectivity index (χ3n) is 4.92. The van der Waals surface area contributed by atoms with Crippen molar-refractivity contribution >= 4 is 40.6 Å². The lowest BCUT2D eigenvalue weighted by Gasteiger charge is -2.21. The van der Waals surface area contributed by atoms with Gasteiger partial charge in [0.15, 0.2) is 0 Å². The topological polar surface area (TPSA) is 73.8 Å². The van der Waals surface area contributed by atoms with Gasteiger partial charge in [0, 0.05) is 23.2 Å². The van der Waals surface area contributed by atoms with E-state index in [1.165, 1.54) is 30.1 Å². The number of nitrogens with one attached hydrogen (secondary N) is 2. The van der Waals surface area contributed by atoms with Crippen LogP contribution in [0.15, 0.2) is 71.7 Å². The SMILES string of the molecule is CN1C(=O)C(NC(=O)Nc2cc(Cl)ccc2F)N=C(c2ccccc2F)c2ccccc21. The molecule has 0 radical (unpaired) electrons. The van der Waals surface area contributed by atoms with E-state index in [-0.39, 0.29) is 22.0 Å². The van der Waals surface area contributed by atoms with Crippen molar-refractivity contribution in [2.45, 2.75) is 6.17 Å². The monoisotopic (exact) mass is 454 g/mol. The molecule has 0 bridgehead atoms. The van der Waals surface area contributed by atoms with Crippen LogP contribution < -0.4 is 15.5 Å². The lowest BCUT2D eigenvalue weighted by Crippen LogP contribution is -2.47. The van der Waals surface area contributed by atoms with Crippen molar-refractivity contribution in [3.8, 4) is 0 Å². The highest BCUT2D eigenvalue weighted by Gasteiger charge is 2.31. The number of fused-ring (bicyclic) bond motifs is 1. The minimum atomic E-state index is -1.38. The highest BCUT2D eigenvalue weighted by molar-refractivity contribution is 6.31. The summed E-state index contributed by atoms with van der Waals surface area (Å²) in [6.07, 6.45) is -1.38. The molecule has 0 aliphatic carbocycles. The van der Waals surface area contributed by atoms with Crippen LogP contribution in [-0.2, 0) is 4.79 Å². The average Bonchev–Trinajstić information content (AvgIpc) is 2.87. The summed E-state index contributed by atoms with van der Waals surface area (Å²) in [6.45, 7) is 0. The van der Waals surface area contributed by atoms with E-state index in [9.17, 15) is 18.4 Å². The van der Waals surface area contributed by atoms with Crippen molar-refractivity contribution < 1.29 is 18.4 Å². The van der Waals surface area contributed by atoms with E-state index in [2.05, 4.69) is 15.6 Å². The van der Waals surface area contributed by atoms with Crippen LogP contribution in [-0.4, -0.2) is 30.9 Å². The summed E-state index contributed by atoms with van der Waals surface area (Å²) in [6, 6.07) is 15.7. The van der Waals surface area contributed by atoms with Crippen molar-refractivity contribution in [2.75, 3.05) is 17.3 Å². The first kappa shape index (κ1) is 21.5. The van der Waals surface area contributed by atoms with Crippen molar-refractivity contribution in [1.29, 1.82) is 0 Å². The lowest BCUT2D eigenvalue weighted by molar-refractivity contribution is -0.119. The van der Waals surface area contributed by atoms with Crippen LogP contribution >= 0.6 is 11.6 Å². The molecule has 1 atom stereocenters. The first-order chi connectivity index (χ1) is 15.3. The molecule has 0 saturated heterocycles. The molecule has 32 heavy (non-hydrogen) atoms. The van der Waals surface area contributed by atoms with Crippen LogP contribution in [0.2, 0.25) is 5.02 Å². The molecule has 2 N–H and O–H groups in total. The molecule has 1 aliphatic heterocycles. The third kappa shape index (κ3) is 4.17. The zero-order valence-electron chi connectivity index (χ0n) is 16.8. The number of benzene rings is 3. The maximum Gasteiger partial charge on any atom is 0.321 e. The summed E-state index contributed by atoms with van der Waals surface area (Å²) in [5.41, 5.74) is 1.25. The second-order valence-corrected chi connectivity index (χ2v) is 7.43. The Hall–Kier alpha value is -3.78. The molecule has 3 amide bonds. The van der Waals surface area contributed by atoms with Crippen LogP contribution in [0.5, 0.6) is 0 Å². The largest absolute Gasteiger partial charge is 0.321 e. The van der Waals surface area contributed by atoms with Gasteiger partial charge in [0.05, 0.1) is 17.1 Å². The van der Waals surface area contributed by atoms with Gasteiger partial charge in [-0.2, -0.15) is 0 Å². The van der Waals surface area contributed by atoms with E-state index >= 15 is 0 Å². The number of hydrogen-bond acceptors (Lipinski definition) is 3. The van der Waals surface area contributed by atoms with Crippen LogP contribution in [0.1, 0.15) is 11.1 Å². The summed E-state index contributed by atoms with van der Waals surface area (Å²) in [5, 5.41) is 4.97. The zero-order valence-corrected chi connectivity index (χ0v) is 17.5. The fourth-order valence-electron chi connectivity index (χ4n) is 3.36. The molecule has 1 unspecified atom stereocenters. The van der Waals surface area contributed by atoms with Gasteiger partial charge < -0.3 is 15.5 Å². The lowest BCUT2D eigenvalue weighted by atomic mass is 10.00. The number of rotatable bonds is 3. The number of hydrogen-bond donors (Lipinski definition) is 2. The molecule has 1 heterocycles. The van der Waals surface area contributed by atoms with Gasteiger partial charge in [-0.15, -0.1) is 0 Å². The Labute approximate surface area is 187 Å².